The number of piperidine rings is 1. The number of hydrogen-bond acceptors (Lipinski definition) is 3. The monoisotopic (exact) mass is 455 g/mol. The third kappa shape index (κ3) is 4.49. The van der Waals surface area contributed by atoms with Crippen molar-refractivity contribution in [1.82, 2.24) is 9.88 Å². The summed E-state index contributed by atoms with van der Waals surface area (Å²) in [5.41, 5.74) is 3.93. The number of pyridine rings is 1. The van der Waals surface area contributed by atoms with E-state index in [0.717, 1.165) is 36.1 Å². The molecule has 4 rings (SSSR count). The Labute approximate surface area is 178 Å². The summed E-state index contributed by atoms with van der Waals surface area (Å²) in [5.74, 6) is -0.809. The van der Waals surface area contributed by atoms with Crippen LogP contribution < -0.4 is 5.32 Å². The number of nitrogens with zero attached hydrogens (tertiary/aromatic N) is 2. The van der Waals surface area contributed by atoms with Crippen LogP contribution in [0.5, 0.6) is 0 Å². The summed E-state index contributed by atoms with van der Waals surface area (Å²) < 4.78 is 14.1. The van der Waals surface area contributed by atoms with E-state index in [4.69, 9.17) is 0 Å². The molecule has 150 valence electrons. The molecule has 0 radical (unpaired) electrons. The molecule has 2 aromatic carbocycles. The average molecular weight is 456 g/mol. The Balaban J connectivity index is 1.54. The van der Waals surface area contributed by atoms with Crippen LogP contribution in [-0.2, 0) is 6.54 Å². The van der Waals surface area contributed by atoms with Gasteiger partial charge in [0.15, 0.2) is 0 Å². The number of carbonyl (C=O) groups is 1. The summed E-state index contributed by atoms with van der Waals surface area (Å²) in [6, 6.07) is 10.4. The van der Waals surface area contributed by atoms with Crippen LogP contribution in [-0.4, -0.2) is 28.9 Å². The zero-order valence-electron chi connectivity index (χ0n) is 16.3. The van der Waals surface area contributed by atoms with Gasteiger partial charge in [-0.05, 0) is 90.2 Å². The smallest absolute Gasteiger partial charge is 0.255 e. The third-order valence-electron chi connectivity index (χ3n) is 5.45. The Kier molecular flexibility index (Phi) is 5.92. The van der Waals surface area contributed by atoms with E-state index in [2.05, 4.69) is 37.2 Å². The number of anilines is 1. The van der Waals surface area contributed by atoms with Gasteiger partial charge in [-0.15, -0.1) is 0 Å². The molecule has 0 saturated carbocycles. The minimum atomic E-state index is -0.462. The summed E-state index contributed by atoms with van der Waals surface area (Å²) in [6.45, 7) is 5.17. The summed E-state index contributed by atoms with van der Waals surface area (Å²) in [4.78, 5) is 19.7. The number of likely N-dealkylation sites (tertiary alicyclic amines) is 1. The number of hydrogen-bond donors (Lipinski definition) is 1. The van der Waals surface area contributed by atoms with Crippen molar-refractivity contribution < 1.29 is 9.18 Å². The number of amides is 1. The summed E-state index contributed by atoms with van der Waals surface area (Å²) in [5, 5.41) is 3.94. The standard InChI is InChI=1S/C23H23BrFN3O/c1-15-21(27-23(29)18-5-7-19(24)20(25)12-18)8-6-17-11-16(13-26-22(15)17)14-28-9-3-2-4-10-28/h5-8,11-13H,2-4,9-10,14H2,1H3,(H,27,29). The van der Waals surface area contributed by atoms with E-state index in [-0.39, 0.29) is 11.5 Å². The van der Waals surface area contributed by atoms with Gasteiger partial charge in [-0.3, -0.25) is 14.7 Å². The van der Waals surface area contributed by atoms with Gasteiger partial charge in [0.05, 0.1) is 9.99 Å². The van der Waals surface area contributed by atoms with Crippen LogP contribution in [0.2, 0.25) is 0 Å². The van der Waals surface area contributed by atoms with E-state index in [1.54, 1.807) is 6.07 Å². The third-order valence-corrected chi connectivity index (χ3v) is 6.09. The van der Waals surface area contributed by atoms with Crippen molar-refractivity contribution in [3.05, 3.63) is 69.6 Å². The molecule has 1 aliphatic rings. The van der Waals surface area contributed by atoms with Crippen molar-refractivity contribution in [2.75, 3.05) is 18.4 Å². The minimum Gasteiger partial charge on any atom is -0.322 e. The maximum Gasteiger partial charge on any atom is 0.255 e. The summed E-state index contributed by atoms with van der Waals surface area (Å²) in [7, 11) is 0. The number of aromatic nitrogens is 1. The van der Waals surface area contributed by atoms with E-state index in [9.17, 15) is 9.18 Å². The molecule has 3 aromatic rings. The van der Waals surface area contributed by atoms with Crippen LogP contribution in [0.15, 0.2) is 47.1 Å². The second-order valence-corrected chi connectivity index (χ2v) is 8.43. The number of halogens is 2. The highest BCUT2D eigenvalue weighted by Crippen LogP contribution is 2.26. The molecule has 1 saturated heterocycles. The predicted octanol–water partition coefficient (Wildman–Crippen LogP) is 5.68. The van der Waals surface area contributed by atoms with Crippen molar-refractivity contribution in [3.8, 4) is 0 Å². The molecule has 0 atom stereocenters. The molecule has 1 fully saturated rings. The molecule has 0 spiro atoms. The van der Waals surface area contributed by atoms with Gasteiger partial charge in [-0.1, -0.05) is 12.5 Å². The lowest BCUT2D eigenvalue weighted by molar-refractivity contribution is 0.102. The van der Waals surface area contributed by atoms with Crippen molar-refractivity contribution >= 4 is 38.4 Å². The van der Waals surface area contributed by atoms with E-state index in [0.29, 0.717) is 10.2 Å². The highest BCUT2D eigenvalue weighted by Gasteiger charge is 2.14. The Morgan fingerprint density at radius 2 is 1.97 bits per heavy atom. The number of benzene rings is 2. The maximum atomic E-state index is 13.7. The summed E-state index contributed by atoms with van der Waals surface area (Å²) >= 11 is 3.10. The average Bonchev–Trinajstić information content (AvgIpc) is 2.73. The molecule has 2 heterocycles. The van der Waals surface area contributed by atoms with Crippen molar-refractivity contribution in [3.63, 3.8) is 0 Å². The zero-order chi connectivity index (χ0) is 20.4. The molecule has 1 N–H and O–H groups in total. The fraction of sp³-hybridized carbons (Fsp3) is 0.304. The van der Waals surface area contributed by atoms with Gasteiger partial charge in [-0.25, -0.2) is 4.39 Å². The lowest BCUT2D eigenvalue weighted by Crippen LogP contribution is -2.29. The van der Waals surface area contributed by atoms with Crippen LogP contribution in [0.25, 0.3) is 10.9 Å². The molecule has 0 bridgehead atoms. The molecule has 1 aliphatic heterocycles. The minimum absolute atomic E-state index is 0.273. The second kappa shape index (κ2) is 8.59. The lowest BCUT2D eigenvalue weighted by atomic mass is 10.1. The first-order valence-electron chi connectivity index (χ1n) is 9.88. The topological polar surface area (TPSA) is 45.2 Å². The number of fused-ring (bicyclic) bond motifs is 1. The van der Waals surface area contributed by atoms with Gasteiger partial charge in [0.2, 0.25) is 0 Å². The maximum absolute atomic E-state index is 13.7. The van der Waals surface area contributed by atoms with Crippen LogP contribution in [0.3, 0.4) is 0 Å². The lowest BCUT2D eigenvalue weighted by Gasteiger charge is -2.26. The molecule has 4 nitrogen and oxygen atoms in total. The molecular formula is C23H23BrFN3O. The van der Waals surface area contributed by atoms with Gasteiger partial charge in [0, 0.05) is 29.4 Å². The highest BCUT2D eigenvalue weighted by atomic mass is 79.9. The van der Waals surface area contributed by atoms with Gasteiger partial charge >= 0.3 is 0 Å². The van der Waals surface area contributed by atoms with E-state index < -0.39 is 5.82 Å². The first-order chi connectivity index (χ1) is 14.0. The Bertz CT molecular complexity index is 1060. The molecule has 29 heavy (non-hydrogen) atoms. The van der Waals surface area contributed by atoms with E-state index in [1.807, 2.05) is 25.3 Å². The Morgan fingerprint density at radius 3 is 2.72 bits per heavy atom. The second-order valence-electron chi connectivity index (χ2n) is 7.57. The van der Waals surface area contributed by atoms with E-state index in [1.165, 1.54) is 37.0 Å². The Hall–Kier alpha value is -2.31. The van der Waals surface area contributed by atoms with Crippen molar-refractivity contribution in [2.24, 2.45) is 0 Å². The zero-order valence-corrected chi connectivity index (χ0v) is 17.9. The first kappa shape index (κ1) is 20.0. The first-order valence-corrected chi connectivity index (χ1v) is 10.7. The SMILES string of the molecule is Cc1c(NC(=O)c2ccc(Br)c(F)c2)ccc2cc(CN3CCCCC3)cnc12. The fourth-order valence-corrected chi connectivity index (χ4v) is 4.07. The normalized spacial score (nSPS) is 14.9. The van der Waals surface area contributed by atoms with Crippen LogP contribution in [0, 0.1) is 12.7 Å². The van der Waals surface area contributed by atoms with Crippen molar-refractivity contribution in [1.29, 1.82) is 0 Å². The highest BCUT2D eigenvalue weighted by molar-refractivity contribution is 9.10. The molecular weight excluding hydrogens is 433 g/mol. The molecule has 0 aliphatic carbocycles. The number of carbonyl (C=O) groups excluding carboxylic acids is 1. The Morgan fingerprint density at radius 1 is 1.17 bits per heavy atom. The van der Waals surface area contributed by atoms with Gasteiger partial charge < -0.3 is 5.32 Å². The largest absolute Gasteiger partial charge is 0.322 e. The number of nitrogens with one attached hydrogen (secondary N) is 1. The predicted molar refractivity (Wildman–Crippen MR) is 118 cm³/mol. The van der Waals surface area contributed by atoms with E-state index >= 15 is 0 Å². The number of aryl methyl sites for hydroxylation is 1. The molecule has 1 amide bonds. The van der Waals surface area contributed by atoms with Gasteiger partial charge in [0.1, 0.15) is 5.82 Å². The molecule has 0 unspecified atom stereocenters. The quantitative estimate of drug-likeness (QED) is 0.549. The van der Waals surface area contributed by atoms with Gasteiger partial charge in [0.25, 0.3) is 5.91 Å². The fourth-order valence-electron chi connectivity index (χ4n) is 3.82. The number of rotatable bonds is 4. The summed E-state index contributed by atoms with van der Waals surface area (Å²) in [6.07, 6.45) is 5.80. The van der Waals surface area contributed by atoms with Crippen LogP contribution in [0.4, 0.5) is 10.1 Å². The van der Waals surface area contributed by atoms with Gasteiger partial charge in [-0.2, -0.15) is 0 Å². The molecule has 1 aromatic heterocycles. The van der Waals surface area contributed by atoms with Crippen molar-refractivity contribution in [2.45, 2.75) is 32.7 Å². The van der Waals surface area contributed by atoms with Crippen LogP contribution >= 0.6 is 15.9 Å². The molecule has 6 heteroatoms. The van der Waals surface area contributed by atoms with Crippen LogP contribution in [0.1, 0.15) is 40.7 Å².